The number of hydrogen-bond donors (Lipinski definition) is 1. The van der Waals surface area contributed by atoms with Gasteiger partial charge in [0.1, 0.15) is 16.5 Å². The smallest absolute Gasteiger partial charge is 0.341 e. The Morgan fingerprint density at radius 2 is 1.86 bits per heavy atom. The summed E-state index contributed by atoms with van der Waals surface area (Å²) in [4.78, 5) is 26.4. The predicted octanol–water partition coefficient (Wildman–Crippen LogP) is 3.66. The van der Waals surface area contributed by atoms with Crippen molar-refractivity contribution in [2.45, 2.75) is 44.3 Å². The minimum absolute atomic E-state index is 0.00164. The van der Waals surface area contributed by atoms with Crippen LogP contribution in [0.15, 0.2) is 33.9 Å². The van der Waals surface area contributed by atoms with Crippen molar-refractivity contribution in [2.24, 2.45) is 0 Å². The van der Waals surface area contributed by atoms with Crippen molar-refractivity contribution in [1.82, 2.24) is 10.2 Å². The van der Waals surface area contributed by atoms with Crippen molar-refractivity contribution >= 4 is 38.1 Å². The molecule has 0 fully saturated rings. The van der Waals surface area contributed by atoms with Gasteiger partial charge in [0.2, 0.25) is 21.6 Å². The Hall–Kier alpha value is -3.25. The van der Waals surface area contributed by atoms with Crippen LogP contribution in [-0.2, 0) is 32.2 Å². The molecule has 1 aliphatic rings. The zero-order chi connectivity index (χ0) is 25.0. The Kier molecular flexibility index (Phi) is 7.51. The highest BCUT2D eigenvalue weighted by Gasteiger charge is 2.30. The van der Waals surface area contributed by atoms with E-state index in [4.69, 9.17) is 13.9 Å². The van der Waals surface area contributed by atoms with Crippen molar-refractivity contribution < 1.29 is 31.9 Å². The van der Waals surface area contributed by atoms with Gasteiger partial charge in [-0.2, -0.15) is 0 Å². The number of anilines is 1. The molecule has 0 unspecified atom stereocenters. The molecule has 0 atom stereocenters. The number of methoxy groups -OCH3 is 1. The number of nitrogens with zero attached hydrogens (tertiary/aromatic N) is 2. The van der Waals surface area contributed by atoms with E-state index in [1.807, 2.05) is 0 Å². The molecule has 1 amide bonds. The second-order valence-corrected chi connectivity index (χ2v) is 10.9. The third kappa shape index (κ3) is 5.54. The highest BCUT2D eigenvalue weighted by atomic mass is 32.2. The molecule has 1 N–H and O–H groups in total. The quantitative estimate of drug-likeness (QED) is 0.349. The molecule has 35 heavy (non-hydrogen) atoms. The highest BCUT2D eigenvalue weighted by molar-refractivity contribution is 7.91. The molecule has 0 bridgehead atoms. The molecule has 0 spiro atoms. The highest BCUT2D eigenvalue weighted by Crippen LogP contribution is 2.38. The Balaban J connectivity index is 1.52. The minimum Gasteiger partial charge on any atom is -0.497 e. The molecular formula is C23H25N3O7S2. The summed E-state index contributed by atoms with van der Waals surface area (Å²) in [6.45, 7) is 1.90. The number of amides is 1. The Morgan fingerprint density at radius 1 is 1.11 bits per heavy atom. The average molecular weight is 520 g/mol. The normalized spacial score (nSPS) is 13.5. The molecule has 10 nitrogen and oxygen atoms in total. The number of aryl methyl sites for hydroxylation is 1. The maximum Gasteiger partial charge on any atom is 0.341 e. The van der Waals surface area contributed by atoms with Crippen LogP contribution in [0.5, 0.6) is 5.75 Å². The van der Waals surface area contributed by atoms with Crippen LogP contribution in [0, 0.1) is 0 Å². The van der Waals surface area contributed by atoms with E-state index in [1.165, 1.54) is 18.4 Å². The fourth-order valence-electron chi connectivity index (χ4n) is 3.83. The van der Waals surface area contributed by atoms with E-state index in [9.17, 15) is 18.0 Å². The lowest BCUT2D eigenvalue weighted by atomic mass is 10.1. The number of rotatable bonds is 8. The molecule has 2 aromatic heterocycles. The van der Waals surface area contributed by atoms with E-state index in [2.05, 4.69) is 15.5 Å². The minimum atomic E-state index is -4.22. The van der Waals surface area contributed by atoms with Gasteiger partial charge >= 0.3 is 11.2 Å². The van der Waals surface area contributed by atoms with Gasteiger partial charge in [-0.3, -0.25) is 4.79 Å². The van der Waals surface area contributed by atoms with Crippen LogP contribution in [0.4, 0.5) is 5.00 Å². The third-order valence-electron chi connectivity index (χ3n) is 5.48. The van der Waals surface area contributed by atoms with Crippen LogP contribution in [0.25, 0.3) is 11.5 Å². The standard InChI is InChI=1S/C23H25N3O7S2/c1-3-32-22(28)19-16-7-5-4-6-8-17(16)34-21(19)24-18(27)13-35(29,30)23-26-25-20(33-23)14-9-11-15(31-2)12-10-14/h9-12H,3-8,13H2,1-2H3,(H,24,27). The summed E-state index contributed by atoms with van der Waals surface area (Å²) in [6.07, 6.45) is 4.50. The van der Waals surface area contributed by atoms with Crippen molar-refractivity contribution in [3.05, 3.63) is 40.3 Å². The summed E-state index contributed by atoms with van der Waals surface area (Å²) in [6, 6.07) is 6.64. The SMILES string of the molecule is CCOC(=O)c1c(NC(=O)CS(=O)(=O)c2nnc(-c3ccc(OC)cc3)o2)sc2c1CCCCC2. The molecule has 1 aliphatic carbocycles. The molecule has 0 aliphatic heterocycles. The molecular weight excluding hydrogens is 494 g/mol. The number of hydrogen-bond acceptors (Lipinski definition) is 10. The Labute approximate surface area is 206 Å². The number of sulfone groups is 1. The molecule has 2 heterocycles. The van der Waals surface area contributed by atoms with Gasteiger partial charge in [-0.05, 0) is 62.4 Å². The summed E-state index contributed by atoms with van der Waals surface area (Å²) < 4.78 is 41.2. The van der Waals surface area contributed by atoms with Crippen molar-refractivity contribution in [2.75, 3.05) is 24.8 Å². The average Bonchev–Trinajstić information content (AvgIpc) is 3.39. The monoisotopic (exact) mass is 519 g/mol. The van der Waals surface area contributed by atoms with E-state index in [0.29, 0.717) is 28.3 Å². The summed E-state index contributed by atoms with van der Waals surface area (Å²) in [5.41, 5.74) is 1.70. The first-order valence-electron chi connectivity index (χ1n) is 11.1. The Morgan fingerprint density at radius 3 is 2.57 bits per heavy atom. The summed E-state index contributed by atoms with van der Waals surface area (Å²) in [5.74, 6) is -1.63. The summed E-state index contributed by atoms with van der Waals surface area (Å²) in [7, 11) is -2.69. The van der Waals surface area contributed by atoms with Gasteiger partial charge in [0, 0.05) is 10.4 Å². The van der Waals surface area contributed by atoms with E-state index in [-0.39, 0.29) is 12.5 Å². The van der Waals surface area contributed by atoms with Crippen LogP contribution in [-0.4, -0.2) is 50.0 Å². The molecule has 0 saturated heterocycles. The fourth-order valence-corrected chi connectivity index (χ4v) is 6.04. The van der Waals surface area contributed by atoms with Crippen molar-refractivity contribution in [1.29, 1.82) is 0 Å². The molecule has 12 heteroatoms. The van der Waals surface area contributed by atoms with Gasteiger partial charge in [0.15, 0.2) is 0 Å². The van der Waals surface area contributed by atoms with Gasteiger partial charge < -0.3 is 19.2 Å². The summed E-state index contributed by atoms with van der Waals surface area (Å²) in [5, 5.41) is 9.64. The number of nitrogens with one attached hydrogen (secondary N) is 1. The van der Waals surface area contributed by atoms with Crippen LogP contribution >= 0.6 is 11.3 Å². The molecule has 0 radical (unpaired) electrons. The first-order chi connectivity index (χ1) is 16.8. The topological polar surface area (TPSA) is 138 Å². The first-order valence-corrected chi connectivity index (χ1v) is 13.6. The largest absolute Gasteiger partial charge is 0.497 e. The molecule has 3 aromatic rings. The number of thiophene rings is 1. The van der Waals surface area contributed by atoms with Crippen LogP contribution in [0.1, 0.15) is 47.0 Å². The van der Waals surface area contributed by atoms with E-state index in [0.717, 1.165) is 36.1 Å². The number of aromatic nitrogens is 2. The lowest BCUT2D eigenvalue weighted by Crippen LogP contribution is -2.24. The van der Waals surface area contributed by atoms with E-state index in [1.54, 1.807) is 31.2 Å². The van der Waals surface area contributed by atoms with E-state index < -0.39 is 32.7 Å². The van der Waals surface area contributed by atoms with E-state index >= 15 is 0 Å². The third-order valence-corrected chi connectivity index (χ3v) is 8.03. The summed E-state index contributed by atoms with van der Waals surface area (Å²) >= 11 is 1.29. The molecule has 186 valence electrons. The van der Waals surface area contributed by atoms with Crippen molar-refractivity contribution in [3.8, 4) is 17.2 Å². The van der Waals surface area contributed by atoms with Crippen molar-refractivity contribution in [3.63, 3.8) is 0 Å². The number of esters is 1. The molecule has 0 saturated carbocycles. The molecule has 1 aromatic carbocycles. The zero-order valence-electron chi connectivity index (χ0n) is 19.3. The predicted molar refractivity (Wildman–Crippen MR) is 129 cm³/mol. The van der Waals surface area contributed by atoms with Gasteiger partial charge in [0.05, 0.1) is 19.3 Å². The van der Waals surface area contributed by atoms with Crippen LogP contribution < -0.4 is 10.1 Å². The Bertz CT molecular complexity index is 1330. The zero-order valence-corrected chi connectivity index (χ0v) is 21.0. The van der Waals surface area contributed by atoms with Gasteiger partial charge in [-0.1, -0.05) is 11.5 Å². The van der Waals surface area contributed by atoms with Crippen LogP contribution in [0.3, 0.4) is 0 Å². The molecule has 4 rings (SSSR count). The second kappa shape index (κ2) is 10.6. The van der Waals surface area contributed by atoms with Crippen LogP contribution in [0.2, 0.25) is 0 Å². The number of fused-ring (bicyclic) bond motifs is 1. The van der Waals surface area contributed by atoms with Gasteiger partial charge in [-0.15, -0.1) is 16.4 Å². The lowest BCUT2D eigenvalue weighted by molar-refractivity contribution is -0.113. The number of carbonyl (C=O) groups is 2. The van der Waals surface area contributed by atoms with Gasteiger partial charge in [0.25, 0.3) is 0 Å². The number of carbonyl (C=O) groups excluding carboxylic acids is 2. The second-order valence-electron chi connectivity index (χ2n) is 7.90. The van der Waals surface area contributed by atoms with Gasteiger partial charge in [-0.25, -0.2) is 13.2 Å². The maximum atomic E-state index is 12.8. The maximum absolute atomic E-state index is 12.8. The lowest BCUT2D eigenvalue weighted by Gasteiger charge is -2.08. The first kappa shape index (κ1) is 24.9. The number of benzene rings is 1. The number of ether oxygens (including phenoxy) is 2. The fraction of sp³-hybridized carbons (Fsp3) is 0.391.